The van der Waals surface area contributed by atoms with Crippen LogP contribution in [0.5, 0.6) is 0 Å². The fourth-order valence-corrected chi connectivity index (χ4v) is 3.69. The average molecular weight is 437 g/mol. The Morgan fingerprint density at radius 2 is 1.90 bits per heavy atom. The van der Waals surface area contributed by atoms with Crippen molar-refractivity contribution in [1.82, 2.24) is 10.6 Å². The van der Waals surface area contributed by atoms with Gasteiger partial charge in [-0.3, -0.25) is 9.79 Å². The molecule has 2 aromatic carbocycles. The summed E-state index contributed by atoms with van der Waals surface area (Å²) in [6.45, 7) is 1.43. The van der Waals surface area contributed by atoms with E-state index in [-0.39, 0.29) is 17.1 Å². The number of nitrogens with one attached hydrogen (secondary N) is 3. The van der Waals surface area contributed by atoms with Crippen LogP contribution in [0.1, 0.15) is 34.5 Å². The lowest BCUT2D eigenvalue weighted by atomic mass is 9.96. The maximum absolute atomic E-state index is 12.0. The van der Waals surface area contributed by atoms with E-state index in [1.165, 1.54) is 11.8 Å². The van der Waals surface area contributed by atoms with Crippen molar-refractivity contribution in [2.75, 3.05) is 18.9 Å². The fraction of sp³-hybridized carbons (Fsp3) is 0.250. The molecule has 3 aromatic rings. The van der Waals surface area contributed by atoms with Crippen molar-refractivity contribution < 1.29 is 9.21 Å². The van der Waals surface area contributed by atoms with Crippen LogP contribution in [0.2, 0.25) is 5.02 Å². The van der Waals surface area contributed by atoms with Gasteiger partial charge in [0.15, 0.2) is 11.7 Å². The van der Waals surface area contributed by atoms with E-state index in [0.29, 0.717) is 12.2 Å². The largest absolute Gasteiger partial charge is 0.459 e. The minimum atomic E-state index is -0.269. The monoisotopic (exact) mass is 436 g/mol. The van der Waals surface area contributed by atoms with Gasteiger partial charge in [-0.2, -0.15) is 0 Å². The highest BCUT2D eigenvalue weighted by molar-refractivity contribution is 6.30. The number of carbonyl (C=O) groups excluding carboxylic acids is 1. The SMILES string of the molecule is CN=C(NCc1ccc(NC(=O)c2ccco2)cc1)NCC1(c2cccc(Cl)c2)CC1. The molecule has 1 fully saturated rings. The highest BCUT2D eigenvalue weighted by Crippen LogP contribution is 2.48. The van der Waals surface area contributed by atoms with Crippen molar-refractivity contribution in [2.45, 2.75) is 24.8 Å². The average Bonchev–Trinajstić information content (AvgIpc) is 3.37. The minimum Gasteiger partial charge on any atom is -0.459 e. The third-order valence-electron chi connectivity index (χ3n) is 5.53. The van der Waals surface area contributed by atoms with E-state index in [1.54, 1.807) is 19.2 Å². The molecule has 7 heteroatoms. The molecule has 31 heavy (non-hydrogen) atoms. The van der Waals surface area contributed by atoms with Crippen molar-refractivity contribution in [3.05, 3.63) is 88.8 Å². The van der Waals surface area contributed by atoms with Gasteiger partial charge in [0.2, 0.25) is 0 Å². The summed E-state index contributed by atoms with van der Waals surface area (Å²) < 4.78 is 5.11. The Morgan fingerprint density at radius 1 is 1.10 bits per heavy atom. The van der Waals surface area contributed by atoms with Crippen LogP contribution in [0.15, 0.2) is 76.3 Å². The van der Waals surface area contributed by atoms with E-state index in [2.05, 4.69) is 33.1 Å². The number of carbonyl (C=O) groups is 1. The number of guanidine groups is 1. The lowest BCUT2D eigenvalue weighted by Crippen LogP contribution is -2.40. The van der Waals surface area contributed by atoms with Gasteiger partial charge in [0.25, 0.3) is 5.91 Å². The Bertz CT molecular complexity index is 1060. The van der Waals surface area contributed by atoms with Gasteiger partial charge in [0.05, 0.1) is 6.26 Å². The number of nitrogens with zero attached hydrogens (tertiary/aromatic N) is 1. The van der Waals surface area contributed by atoms with Gasteiger partial charge >= 0.3 is 0 Å². The van der Waals surface area contributed by atoms with Gasteiger partial charge < -0.3 is 20.4 Å². The van der Waals surface area contributed by atoms with Gasteiger partial charge in [-0.15, -0.1) is 0 Å². The van der Waals surface area contributed by atoms with Gasteiger partial charge in [-0.25, -0.2) is 0 Å². The molecule has 0 saturated heterocycles. The Hall–Kier alpha value is -3.25. The first-order chi connectivity index (χ1) is 15.1. The zero-order chi connectivity index (χ0) is 21.7. The molecule has 1 aliphatic carbocycles. The molecule has 160 valence electrons. The van der Waals surface area contributed by atoms with Crippen molar-refractivity contribution in [3.8, 4) is 0 Å². The van der Waals surface area contributed by atoms with E-state index in [1.807, 2.05) is 36.4 Å². The zero-order valence-corrected chi connectivity index (χ0v) is 18.1. The van der Waals surface area contributed by atoms with Gasteiger partial charge in [-0.1, -0.05) is 35.9 Å². The topological polar surface area (TPSA) is 78.7 Å². The second-order valence-electron chi connectivity index (χ2n) is 7.70. The molecule has 0 bridgehead atoms. The summed E-state index contributed by atoms with van der Waals surface area (Å²) in [5.74, 6) is 0.768. The number of benzene rings is 2. The number of amides is 1. The molecule has 3 N–H and O–H groups in total. The molecular weight excluding hydrogens is 412 g/mol. The molecule has 1 aromatic heterocycles. The molecule has 1 amide bonds. The lowest BCUT2D eigenvalue weighted by Gasteiger charge is -2.19. The summed E-state index contributed by atoms with van der Waals surface area (Å²) in [6, 6.07) is 19.1. The number of hydrogen-bond acceptors (Lipinski definition) is 3. The van der Waals surface area contributed by atoms with Gasteiger partial charge in [0, 0.05) is 36.3 Å². The molecular formula is C24H25ClN4O2. The molecule has 1 heterocycles. The van der Waals surface area contributed by atoms with E-state index in [9.17, 15) is 4.79 Å². The van der Waals surface area contributed by atoms with Gasteiger partial charge in [-0.05, 0) is 60.4 Å². The Labute approximate surface area is 186 Å². The van der Waals surface area contributed by atoms with Crippen LogP contribution < -0.4 is 16.0 Å². The first kappa shape index (κ1) is 21.0. The van der Waals surface area contributed by atoms with Crippen LogP contribution in [-0.2, 0) is 12.0 Å². The predicted molar refractivity (Wildman–Crippen MR) is 124 cm³/mol. The van der Waals surface area contributed by atoms with Crippen molar-refractivity contribution in [2.24, 2.45) is 4.99 Å². The molecule has 0 aliphatic heterocycles. The smallest absolute Gasteiger partial charge is 0.291 e. The maximum atomic E-state index is 12.0. The first-order valence-electron chi connectivity index (χ1n) is 10.2. The molecule has 4 rings (SSSR count). The summed E-state index contributed by atoms with van der Waals surface area (Å²) in [4.78, 5) is 16.4. The maximum Gasteiger partial charge on any atom is 0.291 e. The summed E-state index contributed by atoms with van der Waals surface area (Å²) in [7, 11) is 1.77. The molecule has 6 nitrogen and oxygen atoms in total. The number of rotatable bonds is 7. The summed E-state index contributed by atoms with van der Waals surface area (Å²) in [5.41, 5.74) is 3.20. The van der Waals surface area contributed by atoms with E-state index < -0.39 is 0 Å². The molecule has 0 radical (unpaired) electrons. The summed E-state index contributed by atoms with van der Waals surface area (Å²) >= 11 is 6.17. The third kappa shape index (κ3) is 5.27. The third-order valence-corrected chi connectivity index (χ3v) is 5.76. The van der Waals surface area contributed by atoms with Crippen LogP contribution >= 0.6 is 11.6 Å². The number of anilines is 1. The Balaban J connectivity index is 1.27. The Kier molecular flexibility index (Phi) is 6.28. The highest BCUT2D eigenvalue weighted by atomic mass is 35.5. The lowest BCUT2D eigenvalue weighted by molar-refractivity contribution is 0.0996. The normalized spacial score (nSPS) is 14.7. The van der Waals surface area contributed by atoms with Crippen molar-refractivity contribution in [1.29, 1.82) is 0 Å². The van der Waals surface area contributed by atoms with Crippen LogP contribution in [0.4, 0.5) is 5.69 Å². The highest BCUT2D eigenvalue weighted by Gasteiger charge is 2.44. The minimum absolute atomic E-state index is 0.135. The molecule has 0 unspecified atom stereocenters. The quantitative estimate of drug-likeness (QED) is 0.374. The molecule has 1 saturated carbocycles. The fourth-order valence-electron chi connectivity index (χ4n) is 3.50. The summed E-state index contributed by atoms with van der Waals surface area (Å²) in [6.07, 6.45) is 3.76. The zero-order valence-electron chi connectivity index (χ0n) is 17.3. The van der Waals surface area contributed by atoms with Crippen molar-refractivity contribution in [3.63, 3.8) is 0 Å². The van der Waals surface area contributed by atoms with E-state index >= 15 is 0 Å². The van der Waals surface area contributed by atoms with E-state index in [0.717, 1.165) is 35.9 Å². The second-order valence-corrected chi connectivity index (χ2v) is 8.13. The number of aliphatic imine (C=N–C) groups is 1. The van der Waals surface area contributed by atoms with Gasteiger partial charge in [0.1, 0.15) is 0 Å². The summed E-state index contributed by atoms with van der Waals surface area (Å²) in [5, 5.41) is 10.4. The molecule has 1 aliphatic rings. The van der Waals surface area contributed by atoms with Crippen LogP contribution in [0.25, 0.3) is 0 Å². The number of furan rings is 1. The molecule has 0 atom stereocenters. The molecule has 0 spiro atoms. The number of halogens is 1. The van der Waals surface area contributed by atoms with E-state index in [4.69, 9.17) is 16.0 Å². The first-order valence-corrected chi connectivity index (χ1v) is 10.6. The van der Waals surface area contributed by atoms with Crippen LogP contribution in [-0.4, -0.2) is 25.5 Å². The van der Waals surface area contributed by atoms with Crippen LogP contribution in [0.3, 0.4) is 0 Å². The Morgan fingerprint density at radius 3 is 2.55 bits per heavy atom. The van der Waals surface area contributed by atoms with Crippen LogP contribution in [0, 0.1) is 0 Å². The van der Waals surface area contributed by atoms with Crippen molar-refractivity contribution >= 4 is 29.2 Å². The predicted octanol–water partition coefficient (Wildman–Crippen LogP) is 4.58. The number of hydrogen-bond donors (Lipinski definition) is 3. The second kappa shape index (κ2) is 9.27. The standard InChI is InChI=1S/C24H25ClN4O2/c1-26-23(28-16-24(11-12-24)18-4-2-5-19(25)14-18)27-15-17-7-9-20(10-8-17)29-22(30)21-6-3-13-31-21/h2-10,13-14H,11-12,15-16H2,1H3,(H,29,30)(H2,26,27,28).